The van der Waals surface area contributed by atoms with Crippen LogP contribution in [0.15, 0.2) is 33.3 Å². The third-order valence-electron chi connectivity index (χ3n) is 3.93. The molecule has 1 amide bonds. The van der Waals surface area contributed by atoms with Crippen molar-refractivity contribution in [3.8, 4) is 11.4 Å². The van der Waals surface area contributed by atoms with E-state index in [4.69, 9.17) is 4.52 Å². The lowest BCUT2D eigenvalue weighted by Gasteiger charge is -2.21. The van der Waals surface area contributed by atoms with Gasteiger partial charge in [0.1, 0.15) is 6.04 Å². The van der Waals surface area contributed by atoms with E-state index in [1.54, 1.807) is 0 Å². The average molecular weight is 394 g/mol. The van der Waals surface area contributed by atoms with Crippen molar-refractivity contribution in [3.63, 3.8) is 0 Å². The van der Waals surface area contributed by atoms with Gasteiger partial charge in [-0.25, -0.2) is 0 Å². The van der Waals surface area contributed by atoms with E-state index in [0.29, 0.717) is 24.1 Å². The molecule has 1 heterocycles. The normalized spacial score (nSPS) is 13.8. The van der Waals surface area contributed by atoms with Gasteiger partial charge in [0.05, 0.1) is 0 Å². The predicted molar refractivity (Wildman–Crippen MR) is 97.2 cm³/mol. The Morgan fingerprint density at radius 1 is 1.25 bits per heavy atom. The maximum absolute atomic E-state index is 12.2. The Morgan fingerprint density at radius 2 is 1.92 bits per heavy atom. The van der Waals surface area contributed by atoms with Gasteiger partial charge in [-0.3, -0.25) is 4.79 Å². The summed E-state index contributed by atoms with van der Waals surface area (Å²) < 4.78 is 6.45. The van der Waals surface area contributed by atoms with Crippen LogP contribution in [0.5, 0.6) is 0 Å². The smallest absolute Gasteiger partial charge is 0.249 e. The third-order valence-corrected chi connectivity index (χ3v) is 4.46. The minimum absolute atomic E-state index is 0.0127. The zero-order chi connectivity index (χ0) is 17.7. The SMILES string of the molecule is CC[C@H](C)[C@H](NC(=O)CC(C)C)c1nc(-c2ccc(Br)cc2)no1. The van der Waals surface area contributed by atoms with E-state index in [1.807, 2.05) is 38.1 Å². The summed E-state index contributed by atoms with van der Waals surface area (Å²) >= 11 is 3.41. The summed E-state index contributed by atoms with van der Waals surface area (Å²) in [4.78, 5) is 16.7. The lowest BCUT2D eigenvalue weighted by atomic mass is 9.98. The highest BCUT2D eigenvalue weighted by Crippen LogP contribution is 2.26. The molecular weight excluding hydrogens is 370 g/mol. The van der Waals surface area contributed by atoms with Gasteiger partial charge >= 0.3 is 0 Å². The van der Waals surface area contributed by atoms with Crippen LogP contribution in [0.3, 0.4) is 0 Å². The number of nitrogens with one attached hydrogen (secondary N) is 1. The number of hydrogen-bond donors (Lipinski definition) is 1. The molecule has 2 atom stereocenters. The summed E-state index contributed by atoms with van der Waals surface area (Å²) in [5.74, 6) is 1.52. The largest absolute Gasteiger partial charge is 0.344 e. The fraction of sp³-hybridized carbons (Fsp3) is 0.500. The van der Waals surface area contributed by atoms with E-state index in [0.717, 1.165) is 16.5 Å². The summed E-state index contributed by atoms with van der Waals surface area (Å²) in [6.45, 7) is 8.20. The average Bonchev–Trinajstić information content (AvgIpc) is 3.01. The van der Waals surface area contributed by atoms with E-state index in [-0.39, 0.29) is 17.9 Å². The van der Waals surface area contributed by atoms with Gasteiger partial charge in [-0.1, -0.05) is 55.2 Å². The van der Waals surface area contributed by atoms with Gasteiger partial charge in [0.15, 0.2) is 0 Å². The summed E-state index contributed by atoms with van der Waals surface area (Å²) in [5.41, 5.74) is 0.879. The van der Waals surface area contributed by atoms with Crippen LogP contribution in [0, 0.1) is 11.8 Å². The number of benzene rings is 1. The van der Waals surface area contributed by atoms with Crippen LogP contribution in [-0.4, -0.2) is 16.0 Å². The Hall–Kier alpha value is -1.69. The van der Waals surface area contributed by atoms with Crippen LogP contribution in [0.2, 0.25) is 0 Å². The molecule has 24 heavy (non-hydrogen) atoms. The van der Waals surface area contributed by atoms with Gasteiger partial charge in [-0.05, 0) is 36.1 Å². The highest BCUT2D eigenvalue weighted by atomic mass is 79.9. The Morgan fingerprint density at radius 3 is 2.50 bits per heavy atom. The topological polar surface area (TPSA) is 68.0 Å². The molecular formula is C18H24BrN3O2. The molecule has 0 fully saturated rings. The minimum atomic E-state index is -0.266. The second-order valence-electron chi connectivity index (χ2n) is 6.49. The Bertz CT molecular complexity index is 667. The standard InChI is InChI=1S/C18H24BrN3O2/c1-5-12(4)16(20-15(23)10-11(2)3)18-21-17(22-24-18)13-6-8-14(19)9-7-13/h6-9,11-12,16H,5,10H2,1-4H3,(H,20,23)/t12-,16-/m0/s1. The Balaban J connectivity index is 2.21. The maximum Gasteiger partial charge on any atom is 0.249 e. The molecule has 2 aromatic rings. The van der Waals surface area contributed by atoms with Crippen molar-refractivity contribution in [1.82, 2.24) is 15.5 Å². The van der Waals surface area contributed by atoms with E-state index in [2.05, 4.69) is 45.2 Å². The molecule has 6 heteroatoms. The molecule has 0 unspecified atom stereocenters. The molecule has 1 aromatic heterocycles. The van der Waals surface area contributed by atoms with Crippen LogP contribution in [0.1, 0.15) is 52.5 Å². The number of carbonyl (C=O) groups excluding carboxylic acids is 1. The molecule has 1 aromatic carbocycles. The van der Waals surface area contributed by atoms with E-state index in [1.165, 1.54) is 0 Å². The zero-order valence-corrected chi connectivity index (χ0v) is 16.1. The van der Waals surface area contributed by atoms with Crippen LogP contribution in [-0.2, 0) is 4.79 Å². The molecule has 1 N–H and O–H groups in total. The van der Waals surface area contributed by atoms with Gasteiger partial charge in [0.2, 0.25) is 17.6 Å². The van der Waals surface area contributed by atoms with Crippen molar-refractivity contribution in [3.05, 3.63) is 34.6 Å². The van der Waals surface area contributed by atoms with Crippen molar-refractivity contribution < 1.29 is 9.32 Å². The van der Waals surface area contributed by atoms with Gasteiger partial charge in [0.25, 0.3) is 0 Å². The van der Waals surface area contributed by atoms with Gasteiger partial charge in [0, 0.05) is 16.5 Å². The Labute approximate surface area is 151 Å². The van der Waals surface area contributed by atoms with Crippen molar-refractivity contribution in [2.24, 2.45) is 11.8 Å². The lowest BCUT2D eigenvalue weighted by molar-refractivity contribution is -0.123. The number of rotatable bonds is 7. The van der Waals surface area contributed by atoms with Gasteiger partial charge in [-0.2, -0.15) is 4.98 Å². The quantitative estimate of drug-likeness (QED) is 0.736. The highest BCUT2D eigenvalue weighted by molar-refractivity contribution is 9.10. The molecule has 0 saturated carbocycles. The van der Waals surface area contributed by atoms with Crippen LogP contribution < -0.4 is 5.32 Å². The summed E-state index contributed by atoms with van der Waals surface area (Å²) in [6, 6.07) is 7.45. The Kier molecular flexibility index (Phi) is 6.54. The first-order valence-corrected chi connectivity index (χ1v) is 9.08. The zero-order valence-electron chi connectivity index (χ0n) is 14.5. The number of hydrogen-bond acceptors (Lipinski definition) is 4. The van der Waals surface area contributed by atoms with Crippen LogP contribution in [0.4, 0.5) is 0 Å². The second-order valence-corrected chi connectivity index (χ2v) is 7.41. The molecule has 5 nitrogen and oxygen atoms in total. The summed E-state index contributed by atoms with van der Waals surface area (Å²) in [7, 11) is 0. The monoisotopic (exact) mass is 393 g/mol. The number of halogens is 1. The molecule has 0 radical (unpaired) electrons. The molecule has 2 rings (SSSR count). The highest BCUT2D eigenvalue weighted by Gasteiger charge is 2.26. The van der Waals surface area contributed by atoms with Gasteiger partial charge in [-0.15, -0.1) is 0 Å². The van der Waals surface area contributed by atoms with Crippen LogP contribution >= 0.6 is 15.9 Å². The number of nitrogens with zero attached hydrogens (tertiary/aromatic N) is 2. The van der Waals surface area contributed by atoms with Crippen molar-refractivity contribution in [2.45, 2.75) is 46.6 Å². The predicted octanol–water partition coefficient (Wildman–Crippen LogP) is 4.75. The first-order chi connectivity index (χ1) is 11.4. The summed E-state index contributed by atoms with van der Waals surface area (Å²) in [6.07, 6.45) is 1.39. The van der Waals surface area contributed by atoms with Crippen molar-refractivity contribution in [1.29, 1.82) is 0 Å². The third kappa shape index (κ3) is 4.90. The fourth-order valence-electron chi connectivity index (χ4n) is 2.36. The van der Waals surface area contributed by atoms with Crippen LogP contribution in [0.25, 0.3) is 11.4 Å². The fourth-order valence-corrected chi connectivity index (χ4v) is 2.63. The molecule has 0 aliphatic rings. The van der Waals surface area contributed by atoms with Crippen molar-refractivity contribution in [2.75, 3.05) is 0 Å². The number of amides is 1. The van der Waals surface area contributed by atoms with E-state index < -0.39 is 0 Å². The van der Waals surface area contributed by atoms with E-state index >= 15 is 0 Å². The second kappa shape index (κ2) is 8.42. The first kappa shape index (κ1) is 18.6. The molecule has 0 spiro atoms. The molecule has 0 aliphatic heterocycles. The number of aromatic nitrogens is 2. The minimum Gasteiger partial charge on any atom is -0.344 e. The lowest BCUT2D eigenvalue weighted by Crippen LogP contribution is -2.33. The molecule has 130 valence electrons. The van der Waals surface area contributed by atoms with E-state index in [9.17, 15) is 4.79 Å². The molecule has 0 bridgehead atoms. The maximum atomic E-state index is 12.2. The number of carbonyl (C=O) groups is 1. The molecule has 0 aliphatic carbocycles. The molecule has 0 saturated heterocycles. The summed E-state index contributed by atoms with van der Waals surface area (Å²) in [5, 5.41) is 7.12. The van der Waals surface area contributed by atoms with Crippen molar-refractivity contribution >= 4 is 21.8 Å². The first-order valence-electron chi connectivity index (χ1n) is 8.29. The van der Waals surface area contributed by atoms with Gasteiger partial charge < -0.3 is 9.84 Å².